The molecule has 132 valence electrons. The van der Waals surface area contributed by atoms with Crippen LogP contribution in [-0.2, 0) is 0 Å². The molecule has 0 aliphatic carbocycles. The Balaban J connectivity index is 2.08. The fraction of sp³-hybridized carbons (Fsp3) is 0.176. The molecule has 0 amide bonds. The van der Waals surface area contributed by atoms with Gasteiger partial charge in [-0.25, -0.2) is 14.2 Å². The van der Waals surface area contributed by atoms with Gasteiger partial charge in [0.1, 0.15) is 22.8 Å². The fourth-order valence-electron chi connectivity index (χ4n) is 2.88. The highest BCUT2D eigenvalue weighted by atomic mass is 19.1. The summed E-state index contributed by atoms with van der Waals surface area (Å²) < 4.78 is 26.8. The molecule has 3 aromatic heterocycles. The zero-order chi connectivity index (χ0) is 18.3. The third-order valence-electron chi connectivity index (χ3n) is 3.97. The Bertz CT molecular complexity index is 1180. The highest BCUT2D eigenvalue weighted by molar-refractivity contribution is 5.88. The highest BCUT2D eigenvalue weighted by Crippen LogP contribution is 2.30. The minimum Gasteiger partial charge on any atom is -0.494 e. The van der Waals surface area contributed by atoms with Gasteiger partial charge in [-0.3, -0.25) is 9.55 Å². The van der Waals surface area contributed by atoms with Crippen LogP contribution >= 0.6 is 0 Å². The number of methoxy groups -OCH3 is 1. The lowest BCUT2D eigenvalue weighted by atomic mass is 10.2. The molecule has 0 unspecified atom stereocenters. The van der Waals surface area contributed by atoms with Crippen LogP contribution in [-0.4, -0.2) is 38.4 Å². The summed E-state index contributed by atoms with van der Waals surface area (Å²) in [5, 5.41) is 8.21. The maximum Gasteiger partial charge on any atom is 0.332 e. The summed E-state index contributed by atoms with van der Waals surface area (Å²) in [7, 11) is 1.48. The predicted octanol–water partition coefficient (Wildman–Crippen LogP) is 2.20. The van der Waals surface area contributed by atoms with Gasteiger partial charge in [-0.05, 0) is 13.0 Å². The maximum absolute atomic E-state index is 14.8. The smallest absolute Gasteiger partial charge is 0.332 e. The lowest BCUT2D eigenvalue weighted by Crippen LogP contribution is -2.16. The monoisotopic (exact) mass is 355 g/mol. The van der Waals surface area contributed by atoms with E-state index in [9.17, 15) is 9.18 Å². The number of pyridine rings is 1. The van der Waals surface area contributed by atoms with Crippen molar-refractivity contribution in [3.05, 3.63) is 46.9 Å². The summed E-state index contributed by atoms with van der Waals surface area (Å²) in [5.74, 6) is 0.219. The Labute approximate surface area is 146 Å². The molecule has 0 aliphatic rings. The molecule has 4 aromatic rings. The number of H-pyrrole nitrogens is 1. The Morgan fingerprint density at radius 1 is 1.31 bits per heavy atom. The van der Waals surface area contributed by atoms with Gasteiger partial charge < -0.3 is 9.47 Å². The molecule has 0 fully saturated rings. The Morgan fingerprint density at radius 3 is 2.92 bits per heavy atom. The van der Waals surface area contributed by atoms with Crippen LogP contribution in [0.4, 0.5) is 4.39 Å². The standard InChI is InChI=1S/C17H14FN5O3/c1-3-26-13-4-5-19-16-15(13)23(17(24)21-16)12-6-9-11(7-10(12)18)22-20-8-14(9)25-2/h4-8H,3H2,1-2H3,(H,19,21,24). The number of fused-ring (bicyclic) bond motifs is 2. The largest absolute Gasteiger partial charge is 0.494 e. The number of nitrogens with zero attached hydrogens (tertiary/aromatic N) is 4. The second-order valence-corrected chi connectivity index (χ2v) is 5.44. The zero-order valence-electron chi connectivity index (χ0n) is 14.0. The first kappa shape index (κ1) is 16.0. The molecule has 0 atom stereocenters. The van der Waals surface area contributed by atoms with E-state index in [-0.39, 0.29) is 5.69 Å². The number of imidazole rings is 1. The number of aromatic amines is 1. The van der Waals surface area contributed by atoms with Crippen LogP contribution in [0, 0.1) is 5.82 Å². The first-order valence-electron chi connectivity index (χ1n) is 7.86. The predicted molar refractivity (Wildman–Crippen MR) is 92.5 cm³/mol. The van der Waals surface area contributed by atoms with E-state index in [1.54, 1.807) is 6.07 Å². The lowest BCUT2D eigenvalue weighted by molar-refractivity contribution is 0.343. The average Bonchev–Trinajstić information content (AvgIpc) is 2.97. The van der Waals surface area contributed by atoms with Gasteiger partial charge in [0.25, 0.3) is 0 Å². The molecule has 0 saturated carbocycles. The number of aromatic nitrogens is 5. The van der Waals surface area contributed by atoms with Crippen LogP contribution in [0.5, 0.6) is 11.5 Å². The highest BCUT2D eigenvalue weighted by Gasteiger charge is 2.19. The van der Waals surface area contributed by atoms with E-state index >= 15 is 0 Å². The molecule has 0 spiro atoms. The van der Waals surface area contributed by atoms with Crippen molar-refractivity contribution in [3.63, 3.8) is 0 Å². The molecular weight excluding hydrogens is 341 g/mol. The third-order valence-corrected chi connectivity index (χ3v) is 3.97. The Kier molecular flexibility index (Phi) is 3.76. The van der Waals surface area contributed by atoms with E-state index in [1.807, 2.05) is 6.92 Å². The Hall–Kier alpha value is -3.49. The van der Waals surface area contributed by atoms with Crippen LogP contribution in [0.1, 0.15) is 6.92 Å². The minimum absolute atomic E-state index is 0.0361. The molecule has 0 saturated heterocycles. The molecule has 4 rings (SSSR count). The van der Waals surface area contributed by atoms with Crippen LogP contribution in [0.15, 0.2) is 35.4 Å². The fourth-order valence-corrected chi connectivity index (χ4v) is 2.88. The van der Waals surface area contributed by atoms with E-state index in [0.29, 0.717) is 40.2 Å². The van der Waals surface area contributed by atoms with Crippen molar-refractivity contribution in [3.8, 4) is 17.2 Å². The van der Waals surface area contributed by atoms with Gasteiger partial charge in [-0.15, -0.1) is 0 Å². The maximum atomic E-state index is 14.8. The van der Waals surface area contributed by atoms with Crippen molar-refractivity contribution in [2.45, 2.75) is 6.92 Å². The van der Waals surface area contributed by atoms with Gasteiger partial charge in [0.05, 0.1) is 31.1 Å². The van der Waals surface area contributed by atoms with Crippen molar-refractivity contribution < 1.29 is 13.9 Å². The van der Waals surface area contributed by atoms with Gasteiger partial charge in [0.15, 0.2) is 5.65 Å². The summed E-state index contributed by atoms with van der Waals surface area (Å²) in [5.41, 5.74) is 0.494. The SMILES string of the molecule is CCOc1ccnc2[nH]c(=O)n(-c3cc4c(OC)cnnc4cc3F)c12. The number of rotatable bonds is 4. The van der Waals surface area contributed by atoms with E-state index < -0.39 is 11.5 Å². The van der Waals surface area contributed by atoms with Crippen molar-refractivity contribution in [1.82, 2.24) is 24.7 Å². The van der Waals surface area contributed by atoms with E-state index in [4.69, 9.17) is 9.47 Å². The quantitative estimate of drug-likeness (QED) is 0.603. The van der Waals surface area contributed by atoms with Gasteiger partial charge in [0.2, 0.25) is 0 Å². The molecular formula is C17H14FN5O3. The number of benzene rings is 1. The van der Waals surface area contributed by atoms with Crippen molar-refractivity contribution >= 4 is 22.1 Å². The van der Waals surface area contributed by atoms with Crippen LogP contribution in [0.3, 0.4) is 0 Å². The second-order valence-electron chi connectivity index (χ2n) is 5.44. The molecule has 0 bridgehead atoms. The van der Waals surface area contributed by atoms with E-state index in [2.05, 4.69) is 20.2 Å². The molecule has 0 aliphatic heterocycles. The first-order valence-corrected chi connectivity index (χ1v) is 7.86. The van der Waals surface area contributed by atoms with E-state index in [1.165, 1.54) is 36.2 Å². The molecule has 1 N–H and O–H groups in total. The van der Waals surface area contributed by atoms with Gasteiger partial charge >= 0.3 is 5.69 Å². The molecule has 3 heterocycles. The molecule has 9 heteroatoms. The lowest BCUT2D eigenvalue weighted by Gasteiger charge is -2.11. The van der Waals surface area contributed by atoms with Crippen molar-refractivity contribution in [1.29, 1.82) is 0 Å². The molecule has 8 nitrogen and oxygen atoms in total. The second kappa shape index (κ2) is 6.10. The average molecular weight is 355 g/mol. The van der Waals surface area contributed by atoms with Gasteiger partial charge in [-0.1, -0.05) is 0 Å². The van der Waals surface area contributed by atoms with Crippen molar-refractivity contribution in [2.75, 3.05) is 13.7 Å². The topological polar surface area (TPSA) is 94.9 Å². The molecule has 26 heavy (non-hydrogen) atoms. The van der Waals surface area contributed by atoms with Crippen LogP contribution in [0.2, 0.25) is 0 Å². The summed E-state index contributed by atoms with van der Waals surface area (Å²) >= 11 is 0. The number of hydrogen-bond donors (Lipinski definition) is 1. The summed E-state index contributed by atoms with van der Waals surface area (Å²) in [6.07, 6.45) is 2.94. The Morgan fingerprint density at radius 2 is 2.15 bits per heavy atom. The third kappa shape index (κ3) is 2.36. The van der Waals surface area contributed by atoms with E-state index in [0.717, 1.165) is 0 Å². The summed E-state index contributed by atoms with van der Waals surface area (Å²) in [6, 6.07) is 4.33. The minimum atomic E-state index is -0.630. The number of halogens is 1. The van der Waals surface area contributed by atoms with Crippen molar-refractivity contribution in [2.24, 2.45) is 0 Å². The summed E-state index contributed by atoms with van der Waals surface area (Å²) in [6.45, 7) is 2.21. The van der Waals surface area contributed by atoms with Gasteiger partial charge in [-0.2, -0.15) is 10.2 Å². The molecule has 1 aromatic carbocycles. The van der Waals surface area contributed by atoms with Crippen LogP contribution < -0.4 is 15.2 Å². The van der Waals surface area contributed by atoms with Crippen LogP contribution in [0.25, 0.3) is 27.8 Å². The summed E-state index contributed by atoms with van der Waals surface area (Å²) in [4.78, 5) is 19.3. The number of ether oxygens (including phenoxy) is 2. The van der Waals surface area contributed by atoms with Gasteiger partial charge in [0, 0.05) is 23.7 Å². The number of hydrogen-bond acceptors (Lipinski definition) is 6. The normalized spacial score (nSPS) is 11.2. The zero-order valence-corrected chi connectivity index (χ0v) is 14.0. The first-order chi connectivity index (χ1) is 12.6. The number of nitrogens with one attached hydrogen (secondary N) is 1. The molecule has 0 radical (unpaired) electrons.